The third-order valence-electron chi connectivity index (χ3n) is 2.36. The molecule has 2 rings (SSSR count). The van der Waals surface area contributed by atoms with Crippen LogP contribution in [0.2, 0.25) is 0 Å². The van der Waals surface area contributed by atoms with Crippen molar-refractivity contribution in [3.8, 4) is 0 Å². The van der Waals surface area contributed by atoms with Gasteiger partial charge in [-0.05, 0) is 0 Å². The predicted molar refractivity (Wildman–Crippen MR) is 55.1 cm³/mol. The van der Waals surface area contributed by atoms with Gasteiger partial charge in [-0.15, -0.1) is 0 Å². The highest BCUT2D eigenvalue weighted by Gasteiger charge is 2.13. The van der Waals surface area contributed by atoms with Crippen molar-refractivity contribution < 1.29 is 9.90 Å². The van der Waals surface area contributed by atoms with Crippen LogP contribution in [-0.2, 0) is 25.3 Å². The SMILES string of the molecule is Cn1c(CC(=O)O)nc2ncn(C)c2c1=O. The standard InChI is InChI=1S/C9H10N4O3/c1-12-4-10-8-7(12)9(16)13(2)5(11-8)3-6(14)15/h4H,3H2,1-2H3,(H,14,15). The van der Waals surface area contributed by atoms with Crippen LogP contribution in [0.5, 0.6) is 0 Å². The van der Waals surface area contributed by atoms with E-state index in [1.807, 2.05) is 0 Å². The van der Waals surface area contributed by atoms with Gasteiger partial charge in [0.15, 0.2) is 11.2 Å². The lowest BCUT2D eigenvalue weighted by molar-refractivity contribution is -0.136. The topological polar surface area (TPSA) is 90.0 Å². The van der Waals surface area contributed by atoms with Gasteiger partial charge < -0.3 is 9.67 Å². The van der Waals surface area contributed by atoms with Crippen LogP contribution in [0.15, 0.2) is 11.1 Å². The van der Waals surface area contributed by atoms with Crippen LogP contribution in [0.1, 0.15) is 5.82 Å². The Labute approximate surface area is 90.0 Å². The smallest absolute Gasteiger partial charge is 0.311 e. The molecule has 2 aromatic heterocycles. The zero-order valence-electron chi connectivity index (χ0n) is 8.84. The van der Waals surface area contributed by atoms with E-state index < -0.39 is 5.97 Å². The first-order valence-corrected chi connectivity index (χ1v) is 4.59. The Morgan fingerprint density at radius 3 is 2.81 bits per heavy atom. The van der Waals surface area contributed by atoms with E-state index in [0.717, 1.165) is 0 Å². The maximum Gasteiger partial charge on any atom is 0.311 e. The molecule has 0 bridgehead atoms. The lowest BCUT2D eigenvalue weighted by Gasteiger charge is -2.04. The van der Waals surface area contributed by atoms with E-state index in [1.54, 1.807) is 11.6 Å². The molecular weight excluding hydrogens is 212 g/mol. The van der Waals surface area contributed by atoms with Crippen molar-refractivity contribution in [2.24, 2.45) is 14.1 Å². The summed E-state index contributed by atoms with van der Waals surface area (Å²) in [4.78, 5) is 30.5. The largest absolute Gasteiger partial charge is 0.481 e. The molecule has 0 saturated heterocycles. The molecule has 0 aliphatic rings. The van der Waals surface area contributed by atoms with Gasteiger partial charge in [0, 0.05) is 14.1 Å². The van der Waals surface area contributed by atoms with E-state index in [4.69, 9.17) is 5.11 Å². The van der Waals surface area contributed by atoms with E-state index in [9.17, 15) is 9.59 Å². The van der Waals surface area contributed by atoms with Gasteiger partial charge in [0.2, 0.25) is 0 Å². The number of nitrogens with zero attached hydrogens (tertiary/aromatic N) is 4. The summed E-state index contributed by atoms with van der Waals surface area (Å²) in [6, 6.07) is 0. The van der Waals surface area contributed by atoms with Crippen LogP contribution in [-0.4, -0.2) is 30.2 Å². The third-order valence-corrected chi connectivity index (χ3v) is 2.36. The first-order chi connectivity index (χ1) is 7.50. The highest BCUT2D eigenvalue weighted by atomic mass is 16.4. The number of fused-ring (bicyclic) bond motifs is 1. The summed E-state index contributed by atoms with van der Waals surface area (Å²) < 4.78 is 2.80. The van der Waals surface area contributed by atoms with Gasteiger partial charge >= 0.3 is 5.97 Å². The van der Waals surface area contributed by atoms with E-state index in [0.29, 0.717) is 5.52 Å². The second-order valence-electron chi connectivity index (χ2n) is 3.49. The van der Waals surface area contributed by atoms with Crippen molar-refractivity contribution >= 4 is 17.1 Å². The number of rotatable bonds is 2. The maximum atomic E-state index is 11.9. The zero-order valence-corrected chi connectivity index (χ0v) is 8.84. The monoisotopic (exact) mass is 222 g/mol. The van der Waals surface area contributed by atoms with Crippen LogP contribution >= 0.6 is 0 Å². The summed E-state index contributed by atoms with van der Waals surface area (Å²) in [6.45, 7) is 0. The molecule has 0 aliphatic carbocycles. The Morgan fingerprint density at radius 2 is 2.19 bits per heavy atom. The summed E-state index contributed by atoms with van der Waals surface area (Å²) >= 11 is 0. The first-order valence-electron chi connectivity index (χ1n) is 4.59. The van der Waals surface area contributed by atoms with Crippen molar-refractivity contribution in [2.45, 2.75) is 6.42 Å². The molecule has 0 aliphatic heterocycles. The van der Waals surface area contributed by atoms with Crippen LogP contribution in [0.25, 0.3) is 11.2 Å². The van der Waals surface area contributed by atoms with Crippen molar-refractivity contribution in [1.82, 2.24) is 19.1 Å². The number of carboxylic acid groups (broad SMARTS) is 1. The Kier molecular flexibility index (Phi) is 2.22. The number of imidazole rings is 1. The lowest BCUT2D eigenvalue weighted by Crippen LogP contribution is -2.25. The number of carbonyl (C=O) groups is 1. The molecule has 0 spiro atoms. The van der Waals surface area contributed by atoms with Crippen molar-refractivity contribution in [1.29, 1.82) is 0 Å². The zero-order chi connectivity index (χ0) is 11.9. The van der Waals surface area contributed by atoms with E-state index in [-0.39, 0.29) is 23.5 Å². The predicted octanol–water partition coefficient (Wildman–Crippen LogP) is -0.706. The molecule has 1 N–H and O–H groups in total. The van der Waals surface area contributed by atoms with E-state index in [2.05, 4.69) is 9.97 Å². The fraction of sp³-hybridized carbons (Fsp3) is 0.333. The molecule has 7 heteroatoms. The van der Waals surface area contributed by atoms with Crippen molar-refractivity contribution in [3.63, 3.8) is 0 Å². The van der Waals surface area contributed by atoms with Gasteiger partial charge in [-0.25, -0.2) is 9.97 Å². The molecule has 2 aromatic rings. The Hall–Kier alpha value is -2.18. The molecule has 0 radical (unpaired) electrons. The molecule has 84 valence electrons. The van der Waals surface area contributed by atoms with Crippen LogP contribution in [0.3, 0.4) is 0 Å². The highest BCUT2D eigenvalue weighted by molar-refractivity contribution is 5.72. The average Bonchev–Trinajstić information content (AvgIpc) is 2.55. The fourth-order valence-corrected chi connectivity index (χ4v) is 1.51. The van der Waals surface area contributed by atoms with E-state index in [1.165, 1.54) is 17.9 Å². The van der Waals surface area contributed by atoms with Gasteiger partial charge in [-0.3, -0.25) is 14.2 Å². The minimum Gasteiger partial charge on any atom is -0.481 e. The molecule has 16 heavy (non-hydrogen) atoms. The van der Waals surface area contributed by atoms with Crippen LogP contribution in [0, 0.1) is 0 Å². The van der Waals surface area contributed by atoms with Gasteiger partial charge in [0.05, 0.1) is 6.33 Å². The summed E-state index contributed by atoms with van der Waals surface area (Å²) in [5.41, 5.74) is 0.361. The Balaban J connectivity index is 2.75. The molecule has 0 aromatic carbocycles. The fourth-order valence-electron chi connectivity index (χ4n) is 1.51. The maximum absolute atomic E-state index is 11.9. The lowest BCUT2D eigenvalue weighted by atomic mass is 10.4. The number of aliphatic carboxylic acids is 1. The molecule has 0 atom stereocenters. The third kappa shape index (κ3) is 1.46. The highest BCUT2D eigenvalue weighted by Crippen LogP contribution is 2.05. The number of carboxylic acids is 1. The average molecular weight is 222 g/mol. The minimum atomic E-state index is -1.03. The summed E-state index contributed by atoms with van der Waals surface area (Å²) in [6.07, 6.45) is 1.18. The first kappa shape index (κ1) is 10.3. The van der Waals surface area contributed by atoms with Gasteiger partial charge in [0.1, 0.15) is 12.2 Å². The second kappa shape index (κ2) is 3.44. The molecular formula is C9H10N4O3. The van der Waals surface area contributed by atoms with Crippen molar-refractivity contribution in [2.75, 3.05) is 0 Å². The number of aryl methyl sites for hydroxylation is 1. The quantitative estimate of drug-likeness (QED) is 0.725. The van der Waals surface area contributed by atoms with Gasteiger partial charge in [0.25, 0.3) is 5.56 Å². The van der Waals surface area contributed by atoms with Crippen LogP contribution in [0.4, 0.5) is 0 Å². The van der Waals surface area contributed by atoms with Crippen LogP contribution < -0.4 is 5.56 Å². The number of hydrogen-bond acceptors (Lipinski definition) is 4. The van der Waals surface area contributed by atoms with Gasteiger partial charge in [-0.2, -0.15) is 0 Å². The number of hydrogen-bond donors (Lipinski definition) is 1. The number of aromatic nitrogens is 4. The summed E-state index contributed by atoms with van der Waals surface area (Å²) in [7, 11) is 3.19. The Bertz CT molecular complexity index is 625. The van der Waals surface area contributed by atoms with E-state index >= 15 is 0 Å². The molecule has 2 heterocycles. The Morgan fingerprint density at radius 1 is 1.50 bits per heavy atom. The second-order valence-corrected chi connectivity index (χ2v) is 3.49. The summed E-state index contributed by atoms with van der Waals surface area (Å²) in [5.74, 6) is -0.832. The molecule has 0 saturated carbocycles. The summed E-state index contributed by atoms with van der Waals surface area (Å²) in [5, 5.41) is 8.68. The normalized spacial score (nSPS) is 10.9. The van der Waals surface area contributed by atoms with Crippen molar-refractivity contribution in [3.05, 3.63) is 22.5 Å². The molecule has 7 nitrogen and oxygen atoms in total. The molecule has 0 amide bonds. The molecule has 0 fully saturated rings. The van der Waals surface area contributed by atoms with Gasteiger partial charge in [-0.1, -0.05) is 0 Å². The molecule has 0 unspecified atom stereocenters. The minimum absolute atomic E-state index is 0.198.